The summed E-state index contributed by atoms with van der Waals surface area (Å²) in [5.41, 5.74) is 2.82. The topological polar surface area (TPSA) is 6.48 Å². The fraction of sp³-hybridized carbons (Fsp3) is 0.500. The first-order valence-electron chi connectivity index (χ1n) is 6.90. The Labute approximate surface area is 111 Å². The van der Waals surface area contributed by atoms with E-state index < -0.39 is 0 Å². The normalized spacial score (nSPS) is 16.6. The zero-order valence-electron chi connectivity index (χ0n) is 11.6. The number of nitrogens with zero attached hydrogens (tertiary/aromatic N) is 2. The molecule has 1 aliphatic heterocycles. The second-order valence-electron chi connectivity index (χ2n) is 5.22. The third kappa shape index (κ3) is 3.88. The highest BCUT2D eigenvalue weighted by Crippen LogP contribution is 2.14. The smallest absolute Gasteiger partial charge is 0.0234 e. The second-order valence-corrected chi connectivity index (χ2v) is 5.22. The molecule has 0 radical (unpaired) electrons. The lowest BCUT2D eigenvalue weighted by molar-refractivity contribution is 0.355. The predicted molar refractivity (Wildman–Crippen MR) is 77.3 cm³/mol. The largest absolute Gasteiger partial charge is 0.375 e. The lowest BCUT2D eigenvalue weighted by Gasteiger charge is -2.20. The molecule has 0 N–H and O–H groups in total. The van der Waals surface area contributed by atoms with Crippen molar-refractivity contribution in [3.8, 4) is 0 Å². The molecule has 98 valence electrons. The van der Waals surface area contributed by atoms with Gasteiger partial charge in [-0.2, -0.15) is 0 Å². The summed E-state index contributed by atoms with van der Waals surface area (Å²) in [6.07, 6.45) is 5.06. The molecule has 2 nitrogen and oxygen atoms in total. The molecule has 0 saturated carbocycles. The van der Waals surface area contributed by atoms with Gasteiger partial charge in [0.2, 0.25) is 0 Å². The van der Waals surface area contributed by atoms with Crippen molar-refractivity contribution in [1.29, 1.82) is 0 Å². The van der Waals surface area contributed by atoms with Gasteiger partial charge in [0.05, 0.1) is 0 Å². The average Bonchev–Trinajstić information content (AvgIpc) is 2.91. The summed E-state index contributed by atoms with van der Waals surface area (Å²) in [5, 5.41) is 0. The number of benzene rings is 1. The van der Waals surface area contributed by atoms with Gasteiger partial charge in [0.1, 0.15) is 0 Å². The van der Waals surface area contributed by atoms with Crippen LogP contribution in [-0.2, 0) is 6.54 Å². The maximum atomic E-state index is 2.50. The number of hydrogen-bond donors (Lipinski definition) is 0. The van der Waals surface area contributed by atoms with Crippen molar-refractivity contribution in [3.05, 3.63) is 47.7 Å². The summed E-state index contributed by atoms with van der Waals surface area (Å²) in [6.45, 7) is 6.76. The van der Waals surface area contributed by atoms with E-state index in [1.807, 2.05) is 0 Å². The Morgan fingerprint density at radius 3 is 2.56 bits per heavy atom. The van der Waals surface area contributed by atoms with Gasteiger partial charge in [0.15, 0.2) is 0 Å². The molecule has 2 heteroatoms. The van der Waals surface area contributed by atoms with Gasteiger partial charge in [-0.25, -0.2) is 0 Å². The minimum Gasteiger partial charge on any atom is -0.375 e. The average molecular weight is 244 g/mol. The lowest BCUT2D eigenvalue weighted by atomic mass is 10.2. The Balaban J connectivity index is 1.80. The van der Waals surface area contributed by atoms with Gasteiger partial charge in [-0.1, -0.05) is 36.4 Å². The Morgan fingerprint density at radius 2 is 1.89 bits per heavy atom. The van der Waals surface area contributed by atoms with Gasteiger partial charge in [-0.15, -0.1) is 0 Å². The van der Waals surface area contributed by atoms with Crippen molar-refractivity contribution in [3.63, 3.8) is 0 Å². The summed E-state index contributed by atoms with van der Waals surface area (Å²) in [6, 6.07) is 10.7. The first-order chi connectivity index (χ1) is 8.75. The Morgan fingerprint density at radius 1 is 1.22 bits per heavy atom. The molecule has 2 rings (SSSR count). The first-order valence-corrected chi connectivity index (χ1v) is 6.90. The number of rotatable bonds is 5. The first kappa shape index (κ1) is 13.2. The molecular formula is C16H24N2. The minimum atomic E-state index is 1.02. The third-order valence-electron chi connectivity index (χ3n) is 3.60. The van der Waals surface area contributed by atoms with Crippen molar-refractivity contribution in [2.24, 2.45) is 0 Å². The highest BCUT2D eigenvalue weighted by molar-refractivity contribution is 5.14. The van der Waals surface area contributed by atoms with Crippen LogP contribution in [0.15, 0.2) is 42.1 Å². The van der Waals surface area contributed by atoms with Gasteiger partial charge in [-0.05, 0) is 32.4 Å². The van der Waals surface area contributed by atoms with Gasteiger partial charge in [0, 0.05) is 31.9 Å². The number of likely N-dealkylation sites (N-methyl/N-ethyl adjacent to an activating group) is 1. The Kier molecular flexibility index (Phi) is 4.82. The molecule has 1 saturated heterocycles. The van der Waals surface area contributed by atoms with E-state index in [4.69, 9.17) is 0 Å². The molecule has 0 aliphatic carbocycles. The Hall–Kier alpha value is -1.28. The third-order valence-corrected chi connectivity index (χ3v) is 3.60. The van der Waals surface area contributed by atoms with E-state index in [1.165, 1.54) is 37.2 Å². The standard InChI is InChI=1S/C16H24N2/c1-15(18-11-6-7-12-18)10-13-17(2)14-16-8-4-3-5-9-16/h3-5,8-10H,6-7,11-14H2,1-2H3/b15-10+. The van der Waals surface area contributed by atoms with Crippen molar-refractivity contribution >= 4 is 0 Å². The number of allylic oxidation sites excluding steroid dienone is 1. The molecule has 0 bridgehead atoms. The summed E-state index contributed by atoms with van der Waals surface area (Å²) in [5.74, 6) is 0. The maximum absolute atomic E-state index is 2.50. The highest BCUT2D eigenvalue weighted by atomic mass is 15.2. The van der Waals surface area contributed by atoms with Crippen LogP contribution in [0.1, 0.15) is 25.3 Å². The monoisotopic (exact) mass is 244 g/mol. The zero-order chi connectivity index (χ0) is 12.8. The van der Waals surface area contributed by atoms with Crippen LogP contribution in [0.5, 0.6) is 0 Å². The van der Waals surface area contributed by atoms with Crippen LogP contribution in [0, 0.1) is 0 Å². The SMILES string of the molecule is C/C(=C\CN(C)Cc1ccccc1)N1CCCC1. The van der Waals surface area contributed by atoms with Crippen molar-refractivity contribution in [2.45, 2.75) is 26.3 Å². The van der Waals surface area contributed by atoms with Crippen LogP contribution < -0.4 is 0 Å². The van der Waals surface area contributed by atoms with E-state index in [0.717, 1.165) is 13.1 Å². The van der Waals surface area contributed by atoms with E-state index in [0.29, 0.717) is 0 Å². The van der Waals surface area contributed by atoms with Crippen LogP contribution >= 0.6 is 0 Å². The fourth-order valence-electron chi connectivity index (χ4n) is 2.45. The van der Waals surface area contributed by atoms with E-state index in [9.17, 15) is 0 Å². The second kappa shape index (κ2) is 6.60. The van der Waals surface area contributed by atoms with Crippen LogP contribution in [-0.4, -0.2) is 36.5 Å². The zero-order valence-corrected chi connectivity index (χ0v) is 11.6. The molecule has 1 aromatic carbocycles. The van der Waals surface area contributed by atoms with E-state index in [2.05, 4.69) is 60.2 Å². The number of hydrogen-bond acceptors (Lipinski definition) is 2. The van der Waals surface area contributed by atoms with Crippen molar-refractivity contribution in [1.82, 2.24) is 9.80 Å². The predicted octanol–water partition coefficient (Wildman–Crippen LogP) is 3.12. The highest BCUT2D eigenvalue weighted by Gasteiger charge is 2.11. The molecule has 1 aromatic rings. The van der Waals surface area contributed by atoms with Crippen LogP contribution in [0.3, 0.4) is 0 Å². The number of likely N-dealkylation sites (tertiary alicyclic amines) is 1. The van der Waals surface area contributed by atoms with E-state index >= 15 is 0 Å². The molecule has 0 atom stereocenters. The van der Waals surface area contributed by atoms with E-state index in [1.54, 1.807) is 0 Å². The molecule has 1 fully saturated rings. The quantitative estimate of drug-likeness (QED) is 0.785. The van der Waals surface area contributed by atoms with Gasteiger partial charge < -0.3 is 4.90 Å². The molecule has 0 aromatic heterocycles. The van der Waals surface area contributed by atoms with E-state index in [-0.39, 0.29) is 0 Å². The summed E-state index contributed by atoms with van der Waals surface area (Å²) >= 11 is 0. The minimum absolute atomic E-state index is 1.02. The van der Waals surface area contributed by atoms with Crippen LogP contribution in [0.2, 0.25) is 0 Å². The molecular weight excluding hydrogens is 220 g/mol. The fourth-order valence-corrected chi connectivity index (χ4v) is 2.45. The summed E-state index contributed by atoms with van der Waals surface area (Å²) in [4.78, 5) is 4.85. The molecule has 18 heavy (non-hydrogen) atoms. The molecule has 1 heterocycles. The van der Waals surface area contributed by atoms with Gasteiger partial charge >= 0.3 is 0 Å². The molecule has 0 amide bonds. The van der Waals surface area contributed by atoms with Crippen LogP contribution in [0.25, 0.3) is 0 Å². The molecule has 1 aliphatic rings. The molecule has 0 spiro atoms. The van der Waals surface area contributed by atoms with Gasteiger partial charge in [-0.3, -0.25) is 4.90 Å². The van der Waals surface area contributed by atoms with Crippen LogP contribution in [0.4, 0.5) is 0 Å². The van der Waals surface area contributed by atoms with Crippen molar-refractivity contribution in [2.75, 3.05) is 26.7 Å². The van der Waals surface area contributed by atoms with Gasteiger partial charge in [0.25, 0.3) is 0 Å². The maximum Gasteiger partial charge on any atom is 0.0234 e. The van der Waals surface area contributed by atoms with Crippen molar-refractivity contribution < 1.29 is 0 Å². The Bertz CT molecular complexity index is 377. The lowest BCUT2D eigenvalue weighted by Crippen LogP contribution is -2.21. The summed E-state index contributed by atoms with van der Waals surface area (Å²) < 4.78 is 0. The molecule has 0 unspecified atom stereocenters. The summed E-state index contributed by atoms with van der Waals surface area (Å²) in [7, 11) is 2.18.